The first-order chi connectivity index (χ1) is 17.1. The molecule has 1 aliphatic rings. The van der Waals surface area contributed by atoms with Gasteiger partial charge in [0.1, 0.15) is 17.2 Å². The number of aromatic nitrogens is 3. The van der Waals surface area contributed by atoms with E-state index in [2.05, 4.69) is 19.9 Å². The van der Waals surface area contributed by atoms with Gasteiger partial charge < -0.3 is 24.4 Å². The largest absolute Gasteiger partial charge is 0.444 e. The van der Waals surface area contributed by atoms with Crippen LogP contribution < -0.4 is 9.64 Å². The van der Waals surface area contributed by atoms with Gasteiger partial charge in [-0.25, -0.2) is 9.78 Å². The Morgan fingerprint density at radius 3 is 2.31 bits per heavy atom. The fourth-order valence-corrected chi connectivity index (χ4v) is 4.15. The molecule has 0 bridgehead atoms. The van der Waals surface area contributed by atoms with Crippen LogP contribution in [-0.2, 0) is 11.3 Å². The smallest absolute Gasteiger partial charge is 0.410 e. The third kappa shape index (κ3) is 6.75. The second kappa shape index (κ2) is 10.9. The second-order valence-electron chi connectivity index (χ2n) is 9.25. The number of halogens is 2. The van der Waals surface area contributed by atoms with Crippen molar-refractivity contribution in [2.24, 2.45) is 0 Å². The van der Waals surface area contributed by atoms with Gasteiger partial charge in [0.05, 0.1) is 24.2 Å². The molecule has 0 saturated carbocycles. The number of aliphatic hydroxyl groups is 1. The Morgan fingerprint density at radius 1 is 1.03 bits per heavy atom. The lowest BCUT2D eigenvalue weighted by Crippen LogP contribution is -2.50. The highest BCUT2D eigenvalue weighted by Gasteiger charge is 2.26. The number of nitrogens with zero attached hydrogens (tertiary/aromatic N) is 5. The first-order valence-corrected chi connectivity index (χ1v) is 12.2. The molecule has 0 aliphatic carbocycles. The predicted octanol–water partition coefficient (Wildman–Crippen LogP) is 5.19. The van der Waals surface area contributed by atoms with E-state index < -0.39 is 5.60 Å². The van der Waals surface area contributed by atoms with Gasteiger partial charge in [-0.3, -0.25) is 0 Å². The molecule has 1 saturated heterocycles. The highest BCUT2D eigenvalue weighted by atomic mass is 35.5. The monoisotopic (exact) mass is 531 g/mol. The van der Waals surface area contributed by atoms with Crippen molar-refractivity contribution in [3.8, 4) is 23.0 Å². The minimum Gasteiger partial charge on any atom is -0.444 e. The van der Waals surface area contributed by atoms with Crippen molar-refractivity contribution in [3.63, 3.8) is 0 Å². The van der Waals surface area contributed by atoms with Crippen LogP contribution in [0.25, 0.3) is 11.3 Å². The van der Waals surface area contributed by atoms with Crippen molar-refractivity contribution in [2.45, 2.75) is 33.0 Å². The number of piperazine rings is 1. The van der Waals surface area contributed by atoms with E-state index in [-0.39, 0.29) is 18.7 Å². The minimum atomic E-state index is -0.520. The van der Waals surface area contributed by atoms with E-state index in [1.807, 2.05) is 26.8 Å². The van der Waals surface area contributed by atoms with Gasteiger partial charge in [-0.05, 0) is 57.2 Å². The van der Waals surface area contributed by atoms with E-state index >= 15 is 0 Å². The molecule has 1 aliphatic heterocycles. The van der Waals surface area contributed by atoms with Crippen LogP contribution in [0.3, 0.4) is 0 Å². The molecule has 3 aromatic rings. The molecule has 1 N–H and O–H groups in total. The summed E-state index contributed by atoms with van der Waals surface area (Å²) < 4.78 is 11.3. The van der Waals surface area contributed by atoms with Crippen LogP contribution >= 0.6 is 23.2 Å². The maximum Gasteiger partial charge on any atom is 0.410 e. The van der Waals surface area contributed by atoms with Crippen molar-refractivity contribution in [2.75, 3.05) is 31.1 Å². The topological polar surface area (TPSA) is 101 Å². The van der Waals surface area contributed by atoms with E-state index in [4.69, 9.17) is 32.7 Å². The Kier molecular flexibility index (Phi) is 7.82. The Bertz CT molecular complexity index is 1210. The summed E-state index contributed by atoms with van der Waals surface area (Å²) in [6, 6.07) is 10.4. The molecule has 0 atom stereocenters. The molecule has 2 aromatic heterocycles. The average molecular weight is 532 g/mol. The molecule has 36 heavy (non-hydrogen) atoms. The number of carbonyl (C=O) groups excluding carboxylic acids is 1. The van der Waals surface area contributed by atoms with Crippen molar-refractivity contribution >= 4 is 35.1 Å². The Morgan fingerprint density at radius 2 is 1.72 bits per heavy atom. The number of anilines is 1. The summed E-state index contributed by atoms with van der Waals surface area (Å²) in [4.78, 5) is 29.3. The van der Waals surface area contributed by atoms with Crippen LogP contribution in [0.2, 0.25) is 10.0 Å². The number of aliphatic hydroxyl groups excluding tert-OH is 1. The summed E-state index contributed by atoms with van der Waals surface area (Å²) in [7, 11) is 0. The Labute approximate surface area is 219 Å². The maximum absolute atomic E-state index is 12.3. The molecular formula is C25H27Cl2N5O4. The number of carbonyl (C=O) groups is 1. The molecule has 4 rings (SSSR count). The van der Waals surface area contributed by atoms with E-state index in [0.29, 0.717) is 58.9 Å². The zero-order chi connectivity index (χ0) is 25.9. The van der Waals surface area contributed by atoms with Gasteiger partial charge >= 0.3 is 12.1 Å². The highest BCUT2D eigenvalue weighted by molar-refractivity contribution is 6.35. The summed E-state index contributed by atoms with van der Waals surface area (Å²) in [5.41, 5.74) is 1.06. The normalized spacial score (nSPS) is 14.1. The third-order valence-corrected chi connectivity index (χ3v) is 5.70. The molecule has 1 amide bonds. The van der Waals surface area contributed by atoms with Crippen molar-refractivity contribution in [1.82, 2.24) is 19.9 Å². The van der Waals surface area contributed by atoms with Crippen LogP contribution in [0.1, 0.15) is 26.5 Å². The molecule has 190 valence electrons. The zero-order valence-electron chi connectivity index (χ0n) is 20.2. The van der Waals surface area contributed by atoms with E-state index in [0.717, 1.165) is 5.82 Å². The number of hydrogen-bond acceptors (Lipinski definition) is 8. The highest BCUT2D eigenvalue weighted by Crippen LogP contribution is 2.29. The van der Waals surface area contributed by atoms with E-state index in [1.165, 1.54) is 0 Å². The fraction of sp³-hybridized carbons (Fsp3) is 0.360. The quantitative estimate of drug-likeness (QED) is 0.480. The first-order valence-electron chi connectivity index (χ1n) is 11.4. The van der Waals surface area contributed by atoms with Gasteiger partial charge in [-0.15, -0.1) is 0 Å². The SMILES string of the molecule is CC(C)(C)OC(=O)N1CCN(c2ccc(Oc3nc(CO)cc(-c4cc(Cl)cc(Cl)c4)n3)cn2)CC1. The molecule has 11 heteroatoms. The zero-order valence-corrected chi connectivity index (χ0v) is 21.8. The van der Waals surface area contributed by atoms with Gasteiger partial charge in [-0.1, -0.05) is 23.2 Å². The van der Waals surface area contributed by atoms with Crippen molar-refractivity contribution in [1.29, 1.82) is 0 Å². The lowest BCUT2D eigenvalue weighted by atomic mass is 10.1. The molecule has 3 heterocycles. The first kappa shape index (κ1) is 25.9. The molecular weight excluding hydrogens is 505 g/mol. The summed E-state index contributed by atoms with van der Waals surface area (Å²) in [5, 5.41) is 10.6. The number of ether oxygens (including phenoxy) is 2. The molecule has 0 radical (unpaired) electrons. The average Bonchev–Trinajstić information content (AvgIpc) is 2.83. The van der Waals surface area contributed by atoms with Crippen LogP contribution in [0.5, 0.6) is 11.8 Å². The second-order valence-corrected chi connectivity index (χ2v) is 10.1. The Hall–Kier alpha value is -3.14. The van der Waals surface area contributed by atoms with Gasteiger partial charge in [0.15, 0.2) is 0 Å². The molecule has 9 nitrogen and oxygen atoms in total. The third-order valence-electron chi connectivity index (χ3n) is 5.26. The summed E-state index contributed by atoms with van der Waals surface area (Å²) in [6.07, 6.45) is 1.28. The molecule has 0 spiro atoms. The van der Waals surface area contributed by atoms with Crippen LogP contribution in [0.4, 0.5) is 10.6 Å². The van der Waals surface area contributed by atoms with Gasteiger partial charge in [0.2, 0.25) is 0 Å². The fourth-order valence-electron chi connectivity index (χ4n) is 3.62. The van der Waals surface area contributed by atoms with Gasteiger partial charge in [-0.2, -0.15) is 9.97 Å². The number of amides is 1. The summed E-state index contributed by atoms with van der Waals surface area (Å²) in [6.45, 7) is 7.65. The van der Waals surface area contributed by atoms with Crippen molar-refractivity contribution in [3.05, 3.63) is 58.3 Å². The van der Waals surface area contributed by atoms with Crippen LogP contribution in [-0.4, -0.2) is 62.8 Å². The standard InChI is InChI=1S/C25H27Cl2N5O4/c1-25(2,3)36-24(34)32-8-6-31(7-9-32)22-5-4-20(14-28-22)35-23-29-19(15-33)13-21(30-23)16-10-17(26)12-18(27)11-16/h4-5,10-14,33H,6-9,15H2,1-3H3. The lowest BCUT2D eigenvalue weighted by Gasteiger charge is -2.36. The number of hydrogen-bond donors (Lipinski definition) is 1. The van der Waals surface area contributed by atoms with E-state index in [9.17, 15) is 9.90 Å². The van der Waals surface area contributed by atoms with Gasteiger partial charge in [0, 0.05) is 41.8 Å². The predicted molar refractivity (Wildman–Crippen MR) is 138 cm³/mol. The number of pyridine rings is 1. The summed E-state index contributed by atoms with van der Waals surface area (Å²) in [5.74, 6) is 1.21. The van der Waals surface area contributed by atoms with Crippen LogP contribution in [0.15, 0.2) is 42.6 Å². The number of benzene rings is 1. The molecule has 0 unspecified atom stereocenters. The summed E-state index contributed by atoms with van der Waals surface area (Å²) >= 11 is 12.2. The number of rotatable bonds is 5. The maximum atomic E-state index is 12.3. The molecule has 1 fully saturated rings. The van der Waals surface area contributed by atoms with Gasteiger partial charge in [0.25, 0.3) is 0 Å². The lowest BCUT2D eigenvalue weighted by molar-refractivity contribution is 0.0240. The minimum absolute atomic E-state index is 0.0631. The van der Waals surface area contributed by atoms with Crippen LogP contribution in [0, 0.1) is 0 Å². The Balaban J connectivity index is 1.43. The molecule has 1 aromatic carbocycles. The van der Waals surface area contributed by atoms with Crippen molar-refractivity contribution < 1.29 is 19.4 Å². The van der Waals surface area contributed by atoms with E-state index in [1.54, 1.807) is 41.4 Å².